The number of likely N-dealkylation sites (tertiary alicyclic amines) is 1. The summed E-state index contributed by atoms with van der Waals surface area (Å²) < 4.78 is 5.90. The highest BCUT2D eigenvalue weighted by atomic mass is 16.5. The molecule has 2 aliphatic heterocycles. The van der Waals surface area contributed by atoms with Crippen molar-refractivity contribution in [2.75, 3.05) is 33.3 Å². The Kier molecular flexibility index (Phi) is 4.87. The summed E-state index contributed by atoms with van der Waals surface area (Å²) in [6, 6.07) is 9.38. The van der Waals surface area contributed by atoms with E-state index in [1.165, 1.54) is 0 Å². The first kappa shape index (κ1) is 16.9. The quantitative estimate of drug-likeness (QED) is 0.891. The predicted molar refractivity (Wildman–Crippen MR) is 88.7 cm³/mol. The van der Waals surface area contributed by atoms with Gasteiger partial charge in [-0.2, -0.15) is 0 Å². The van der Waals surface area contributed by atoms with Crippen molar-refractivity contribution in [1.82, 2.24) is 9.80 Å². The van der Waals surface area contributed by atoms with Gasteiger partial charge in [-0.15, -0.1) is 0 Å². The van der Waals surface area contributed by atoms with Gasteiger partial charge >= 0.3 is 5.97 Å². The number of likely N-dealkylation sites (N-methyl/N-ethyl adjacent to an activating group) is 1. The largest absolute Gasteiger partial charge is 0.480 e. The zero-order valence-electron chi connectivity index (χ0n) is 14.0. The molecule has 0 aromatic heterocycles. The fourth-order valence-corrected chi connectivity index (χ4v) is 3.38. The summed E-state index contributed by atoms with van der Waals surface area (Å²) in [6.07, 6.45) is 2.00. The van der Waals surface area contributed by atoms with Crippen LogP contribution in [0, 0.1) is 0 Å². The average molecular weight is 332 g/mol. The number of carbonyl (C=O) groups is 2. The zero-order chi connectivity index (χ0) is 17.2. The minimum absolute atomic E-state index is 0.139. The van der Waals surface area contributed by atoms with Gasteiger partial charge in [-0.05, 0) is 25.5 Å². The Morgan fingerprint density at radius 2 is 2.00 bits per heavy atom. The number of aryl methyl sites for hydroxylation is 1. The standard InChI is InChI=1S/C18H24N2O4/c1-19-10-9-18(24-11-15(19)17(22)23)12-20(13-18)16(21)8-7-14-5-3-2-4-6-14/h2-6,15H,7-13H2,1H3,(H,22,23). The second-order valence-corrected chi connectivity index (χ2v) is 6.81. The van der Waals surface area contributed by atoms with E-state index in [-0.39, 0.29) is 18.1 Å². The summed E-state index contributed by atoms with van der Waals surface area (Å²) >= 11 is 0. The molecule has 0 aliphatic carbocycles. The number of carboxylic acid groups (broad SMARTS) is 1. The SMILES string of the molecule is CN1CCC2(CN(C(=O)CCc3ccccc3)C2)OCC1C(=O)O. The van der Waals surface area contributed by atoms with E-state index < -0.39 is 12.0 Å². The molecule has 0 bridgehead atoms. The molecule has 3 rings (SSSR count). The molecule has 1 unspecified atom stereocenters. The first-order chi connectivity index (χ1) is 11.5. The monoisotopic (exact) mass is 332 g/mol. The van der Waals surface area contributed by atoms with Crippen LogP contribution in [0.1, 0.15) is 18.4 Å². The number of carbonyl (C=O) groups excluding carboxylic acids is 1. The van der Waals surface area contributed by atoms with Crippen molar-refractivity contribution in [3.05, 3.63) is 35.9 Å². The Bertz CT molecular complexity index is 598. The maximum absolute atomic E-state index is 12.3. The molecule has 2 saturated heterocycles. The molecule has 1 spiro atoms. The second-order valence-electron chi connectivity index (χ2n) is 6.81. The lowest BCUT2D eigenvalue weighted by Crippen LogP contribution is -2.65. The molecule has 0 radical (unpaired) electrons. The topological polar surface area (TPSA) is 70.1 Å². The molecule has 1 aromatic carbocycles. The third kappa shape index (κ3) is 3.60. The highest BCUT2D eigenvalue weighted by Gasteiger charge is 2.48. The van der Waals surface area contributed by atoms with E-state index in [9.17, 15) is 14.7 Å². The summed E-state index contributed by atoms with van der Waals surface area (Å²) in [6.45, 7) is 1.99. The Balaban J connectivity index is 1.49. The van der Waals surface area contributed by atoms with Gasteiger partial charge in [-0.3, -0.25) is 14.5 Å². The van der Waals surface area contributed by atoms with Crippen LogP contribution in [0.25, 0.3) is 0 Å². The van der Waals surface area contributed by atoms with E-state index in [4.69, 9.17) is 4.74 Å². The van der Waals surface area contributed by atoms with E-state index >= 15 is 0 Å². The van der Waals surface area contributed by atoms with Crippen LogP contribution in [0.2, 0.25) is 0 Å². The van der Waals surface area contributed by atoms with Gasteiger partial charge in [0.15, 0.2) is 0 Å². The number of aliphatic carboxylic acids is 1. The minimum atomic E-state index is -0.857. The Morgan fingerprint density at radius 3 is 2.67 bits per heavy atom. The summed E-state index contributed by atoms with van der Waals surface area (Å²) in [5.41, 5.74) is 0.804. The maximum Gasteiger partial charge on any atom is 0.323 e. The molecule has 6 heteroatoms. The maximum atomic E-state index is 12.3. The number of benzene rings is 1. The second kappa shape index (κ2) is 6.91. The van der Waals surface area contributed by atoms with Crippen LogP contribution in [-0.2, 0) is 20.7 Å². The van der Waals surface area contributed by atoms with Crippen LogP contribution in [0.3, 0.4) is 0 Å². The molecule has 1 atom stereocenters. The number of carboxylic acids is 1. The van der Waals surface area contributed by atoms with E-state index in [1.807, 2.05) is 47.2 Å². The molecule has 0 saturated carbocycles. The van der Waals surface area contributed by atoms with Crippen LogP contribution in [0.15, 0.2) is 30.3 Å². The van der Waals surface area contributed by atoms with Crippen molar-refractivity contribution in [3.63, 3.8) is 0 Å². The first-order valence-corrected chi connectivity index (χ1v) is 8.38. The molecule has 130 valence electrons. The van der Waals surface area contributed by atoms with Crippen molar-refractivity contribution in [2.45, 2.75) is 30.9 Å². The smallest absolute Gasteiger partial charge is 0.323 e. The number of nitrogens with zero attached hydrogens (tertiary/aromatic N) is 2. The van der Waals surface area contributed by atoms with Gasteiger partial charge in [0.25, 0.3) is 0 Å². The first-order valence-electron chi connectivity index (χ1n) is 8.38. The van der Waals surface area contributed by atoms with Crippen LogP contribution in [0.4, 0.5) is 0 Å². The predicted octanol–water partition coefficient (Wildman–Crippen LogP) is 1.01. The average Bonchev–Trinajstić information content (AvgIpc) is 2.71. The highest BCUT2D eigenvalue weighted by Crippen LogP contribution is 2.32. The Morgan fingerprint density at radius 1 is 1.29 bits per heavy atom. The molecule has 1 N–H and O–H groups in total. The molecule has 2 fully saturated rings. The highest BCUT2D eigenvalue weighted by molar-refractivity contribution is 5.77. The summed E-state index contributed by atoms with van der Waals surface area (Å²) in [4.78, 5) is 27.2. The van der Waals surface area contributed by atoms with E-state index in [0.717, 1.165) is 18.4 Å². The Labute approximate surface area is 142 Å². The number of rotatable bonds is 4. The molecular weight excluding hydrogens is 308 g/mol. The van der Waals surface area contributed by atoms with Gasteiger partial charge in [0.05, 0.1) is 19.7 Å². The van der Waals surface area contributed by atoms with Crippen molar-refractivity contribution in [1.29, 1.82) is 0 Å². The molecule has 6 nitrogen and oxygen atoms in total. The third-order valence-electron chi connectivity index (χ3n) is 5.07. The Hall–Kier alpha value is -1.92. The van der Waals surface area contributed by atoms with Gasteiger partial charge in [0, 0.05) is 13.0 Å². The molecule has 1 amide bonds. The van der Waals surface area contributed by atoms with Gasteiger partial charge in [-0.25, -0.2) is 0 Å². The van der Waals surface area contributed by atoms with Gasteiger partial charge in [-0.1, -0.05) is 30.3 Å². The van der Waals surface area contributed by atoms with Crippen LogP contribution < -0.4 is 0 Å². The normalized spacial score (nSPS) is 23.5. The lowest BCUT2D eigenvalue weighted by molar-refractivity contribution is -0.171. The molecule has 2 heterocycles. The fourth-order valence-electron chi connectivity index (χ4n) is 3.38. The summed E-state index contributed by atoms with van der Waals surface area (Å²) in [5.74, 6) is -0.717. The van der Waals surface area contributed by atoms with Crippen LogP contribution in [-0.4, -0.2) is 71.7 Å². The third-order valence-corrected chi connectivity index (χ3v) is 5.07. The van der Waals surface area contributed by atoms with Gasteiger partial charge < -0.3 is 14.7 Å². The molecule has 1 aromatic rings. The number of amides is 1. The van der Waals surface area contributed by atoms with Gasteiger partial charge in [0.2, 0.25) is 5.91 Å². The lowest BCUT2D eigenvalue weighted by atomic mass is 9.89. The van der Waals surface area contributed by atoms with E-state index in [1.54, 1.807) is 0 Å². The number of hydrogen-bond acceptors (Lipinski definition) is 4. The van der Waals surface area contributed by atoms with Crippen LogP contribution in [0.5, 0.6) is 0 Å². The minimum Gasteiger partial charge on any atom is -0.480 e. The van der Waals surface area contributed by atoms with E-state index in [2.05, 4.69) is 0 Å². The van der Waals surface area contributed by atoms with Crippen molar-refractivity contribution < 1.29 is 19.4 Å². The lowest BCUT2D eigenvalue weighted by Gasteiger charge is -2.49. The fraction of sp³-hybridized carbons (Fsp3) is 0.556. The summed E-state index contributed by atoms with van der Waals surface area (Å²) in [5, 5.41) is 9.23. The van der Waals surface area contributed by atoms with Crippen molar-refractivity contribution >= 4 is 11.9 Å². The molecular formula is C18H24N2O4. The van der Waals surface area contributed by atoms with Crippen molar-refractivity contribution in [3.8, 4) is 0 Å². The number of ether oxygens (including phenoxy) is 1. The van der Waals surface area contributed by atoms with E-state index in [0.29, 0.717) is 26.1 Å². The van der Waals surface area contributed by atoms with Gasteiger partial charge in [0.1, 0.15) is 11.6 Å². The zero-order valence-corrected chi connectivity index (χ0v) is 14.0. The van der Waals surface area contributed by atoms with Crippen molar-refractivity contribution in [2.24, 2.45) is 0 Å². The summed E-state index contributed by atoms with van der Waals surface area (Å²) in [7, 11) is 1.81. The van der Waals surface area contributed by atoms with Crippen LogP contribution >= 0.6 is 0 Å². The number of hydrogen-bond donors (Lipinski definition) is 1. The molecule has 2 aliphatic rings. The molecule has 24 heavy (non-hydrogen) atoms.